The summed E-state index contributed by atoms with van der Waals surface area (Å²) < 4.78 is 31.2. The quantitative estimate of drug-likeness (QED) is 0.829. The van der Waals surface area contributed by atoms with Crippen LogP contribution in [0, 0.1) is 20.8 Å². The number of anilines is 1. The van der Waals surface area contributed by atoms with E-state index in [9.17, 15) is 13.2 Å². The first kappa shape index (κ1) is 19.0. The van der Waals surface area contributed by atoms with Gasteiger partial charge >= 0.3 is 0 Å². The average molecular weight is 362 g/mol. The highest BCUT2D eigenvalue weighted by molar-refractivity contribution is 7.89. The van der Waals surface area contributed by atoms with E-state index >= 15 is 0 Å². The van der Waals surface area contributed by atoms with Crippen molar-refractivity contribution in [2.75, 3.05) is 19.4 Å². The number of hydrogen-bond donors (Lipinski definition) is 1. The van der Waals surface area contributed by atoms with Gasteiger partial charge in [0.05, 0.1) is 4.90 Å². The van der Waals surface area contributed by atoms with Gasteiger partial charge in [-0.25, -0.2) is 12.7 Å². The third-order valence-corrected chi connectivity index (χ3v) is 5.63. The highest BCUT2D eigenvalue weighted by Crippen LogP contribution is 2.25. The van der Waals surface area contributed by atoms with Gasteiger partial charge in [-0.15, -0.1) is 0 Å². The predicted molar refractivity (Wildman–Crippen MR) is 97.9 cm³/mol. The molecule has 0 aliphatic heterocycles. The Morgan fingerprint density at radius 2 is 1.84 bits per heavy atom. The summed E-state index contributed by atoms with van der Waals surface area (Å²) in [5.41, 5.74) is 2.06. The molecular formula is C18H22N2O4S. The number of hydrogen-bond acceptors (Lipinski definition) is 4. The van der Waals surface area contributed by atoms with Crippen molar-refractivity contribution in [3.8, 4) is 0 Å². The second-order valence-corrected chi connectivity index (χ2v) is 8.12. The van der Waals surface area contributed by atoms with Crippen molar-refractivity contribution in [3.63, 3.8) is 0 Å². The zero-order valence-electron chi connectivity index (χ0n) is 15.0. The third kappa shape index (κ3) is 4.37. The largest absolute Gasteiger partial charge is 0.462 e. The van der Waals surface area contributed by atoms with Crippen molar-refractivity contribution in [1.29, 1.82) is 0 Å². The zero-order chi connectivity index (χ0) is 18.8. The Hall–Kier alpha value is -2.38. The van der Waals surface area contributed by atoms with Crippen molar-refractivity contribution in [2.45, 2.75) is 25.7 Å². The maximum absolute atomic E-state index is 12.3. The minimum Gasteiger partial charge on any atom is -0.462 e. The molecule has 0 aliphatic rings. The minimum absolute atomic E-state index is 0.140. The molecule has 1 aromatic carbocycles. The number of carbonyl (C=O) groups excluding carboxylic acids is 1. The molecule has 6 nitrogen and oxygen atoms in total. The van der Waals surface area contributed by atoms with Gasteiger partial charge in [-0.05, 0) is 62.2 Å². The Labute approximate surface area is 148 Å². The molecule has 0 saturated heterocycles. The minimum atomic E-state index is -3.58. The number of furan rings is 1. The first-order valence-electron chi connectivity index (χ1n) is 7.70. The van der Waals surface area contributed by atoms with E-state index in [1.807, 2.05) is 13.8 Å². The number of aryl methyl sites for hydroxylation is 2. The van der Waals surface area contributed by atoms with Crippen LogP contribution in [0.3, 0.4) is 0 Å². The van der Waals surface area contributed by atoms with E-state index in [1.54, 1.807) is 31.2 Å². The van der Waals surface area contributed by atoms with Gasteiger partial charge in [-0.1, -0.05) is 0 Å². The lowest BCUT2D eigenvalue weighted by atomic mass is 10.1. The average Bonchev–Trinajstić information content (AvgIpc) is 2.95. The molecule has 2 rings (SSSR count). The fourth-order valence-corrected chi connectivity index (χ4v) is 3.21. The van der Waals surface area contributed by atoms with Crippen LogP contribution < -0.4 is 5.32 Å². The molecule has 0 fully saturated rings. The number of sulfonamides is 1. The SMILES string of the molecule is Cc1ccc(/C=C/C(=O)Nc2cc(S(=O)(=O)N(C)C)cc(C)c2C)o1. The normalized spacial score (nSPS) is 12.1. The Balaban J connectivity index is 2.28. The third-order valence-electron chi connectivity index (χ3n) is 3.84. The van der Waals surface area contributed by atoms with Gasteiger partial charge in [0.2, 0.25) is 15.9 Å². The van der Waals surface area contributed by atoms with Gasteiger partial charge in [-0.3, -0.25) is 4.79 Å². The van der Waals surface area contributed by atoms with Crippen LogP contribution in [-0.2, 0) is 14.8 Å². The molecule has 25 heavy (non-hydrogen) atoms. The Kier molecular flexibility index (Phi) is 5.49. The predicted octanol–water partition coefficient (Wildman–Crippen LogP) is 3.11. The fraction of sp³-hybridized carbons (Fsp3) is 0.278. The molecule has 0 radical (unpaired) electrons. The summed E-state index contributed by atoms with van der Waals surface area (Å²) in [5, 5.41) is 2.73. The summed E-state index contributed by atoms with van der Waals surface area (Å²) in [6.07, 6.45) is 2.91. The summed E-state index contributed by atoms with van der Waals surface area (Å²) in [6, 6.07) is 6.64. The molecule has 0 bridgehead atoms. The number of amides is 1. The van der Waals surface area contributed by atoms with Crippen LogP contribution >= 0.6 is 0 Å². The van der Waals surface area contributed by atoms with Gasteiger partial charge in [0, 0.05) is 25.9 Å². The van der Waals surface area contributed by atoms with Gasteiger partial charge in [0.1, 0.15) is 11.5 Å². The maximum Gasteiger partial charge on any atom is 0.248 e. The monoisotopic (exact) mass is 362 g/mol. The van der Waals surface area contributed by atoms with E-state index in [0.717, 1.165) is 21.2 Å². The van der Waals surface area contributed by atoms with Crippen LogP contribution in [0.15, 0.2) is 39.7 Å². The van der Waals surface area contributed by atoms with Crippen molar-refractivity contribution in [2.24, 2.45) is 0 Å². The Morgan fingerprint density at radius 1 is 1.16 bits per heavy atom. The first-order chi connectivity index (χ1) is 11.6. The van der Waals surface area contributed by atoms with Crippen LogP contribution in [-0.4, -0.2) is 32.7 Å². The summed E-state index contributed by atoms with van der Waals surface area (Å²) in [7, 11) is -0.640. The van der Waals surface area contributed by atoms with Gasteiger partial charge in [-0.2, -0.15) is 0 Å². The zero-order valence-corrected chi connectivity index (χ0v) is 15.8. The summed E-state index contributed by atoms with van der Waals surface area (Å²) >= 11 is 0. The molecule has 2 aromatic rings. The van der Waals surface area contributed by atoms with Crippen LogP contribution in [0.25, 0.3) is 6.08 Å². The van der Waals surface area contributed by atoms with Crippen molar-refractivity contribution in [1.82, 2.24) is 4.31 Å². The van der Waals surface area contributed by atoms with Crippen LogP contribution in [0.4, 0.5) is 5.69 Å². The Morgan fingerprint density at radius 3 is 2.40 bits per heavy atom. The van der Waals surface area contributed by atoms with Gasteiger partial charge < -0.3 is 9.73 Å². The molecule has 7 heteroatoms. The van der Waals surface area contributed by atoms with E-state index in [2.05, 4.69) is 5.32 Å². The van der Waals surface area contributed by atoms with Crippen molar-refractivity contribution < 1.29 is 17.6 Å². The molecule has 0 aliphatic carbocycles. The molecule has 1 heterocycles. The Bertz CT molecular complexity index is 925. The second-order valence-electron chi connectivity index (χ2n) is 5.97. The van der Waals surface area contributed by atoms with E-state index < -0.39 is 10.0 Å². The first-order valence-corrected chi connectivity index (χ1v) is 9.14. The van der Waals surface area contributed by atoms with Crippen LogP contribution in [0.1, 0.15) is 22.6 Å². The molecule has 1 amide bonds. The number of benzene rings is 1. The van der Waals surface area contributed by atoms with Gasteiger partial charge in [0.25, 0.3) is 0 Å². The number of nitrogens with zero attached hydrogens (tertiary/aromatic N) is 1. The summed E-state index contributed by atoms with van der Waals surface area (Å²) in [5.74, 6) is 0.966. The molecule has 1 aromatic heterocycles. The van der Waals surface area contributed by atoms with E-state index in [4.69, 9.17) is 4.42 Å². The molecule has 0 saturated carbocycles. The van der Waals surface area contributed by atoms with E-state index in [-0.39, 0.29) is 10.8 Å². The lowest BCUT2D eigenvalue weighted by Crippen LogP contribution is -2.22. The lowest BCUT2D eigenvalue weighted by molar-refractivity contribution is -0.111. The summed E-state index contributed by atoms with van der Waals surface area (Å²) in [4.78, 5) is 12.3. The summed E-state index contributed by atoms with van der Waals surface area (Å²) in [6.45, 7) is 5.46. The molecule has 0 spiro atoms. The van der Waals surface area contributed by atoms with Crippen LogP contribution in [0.2, 0.25) is 0 Å². The molecular weight excluding hydrogens is 340 g/mol. The topological polar surface area (TPSA) is 79.6 Å². The molecule has 1 N–H and O–H groups in total. The molecule has 134 valence electrons. The van der Waals surface area contributed by atoms with Crippen molar-refractivity contribution >= 4 is 27.7 Å². The maximum atomic E-state index is 12.3. The number of carbonyl (C=O) groups is 1. The standard InChI is InChI=1S/C18H22N2O4S/c1-12-10-16(25(22,23)20(4)5)11-17(14(12)3)19-18(21)9-8-15-7-6-13(2)24-15/h6-11H,1-5H3,(H,19,21)/b9-8+. The highest BCUT2D eigenvalue weighted by atomic mass is 32.2. The van der Waals surface area contributed by atoms with Gasteiger partial charge in [0.15, 0.2) is 0 Å². The smallest absolute Gasteiger partial charge is 0.248 e. The molecule has 0 unspecified atom stereocenters. The lowest BCUT2D eigenvalue weighted by Gasteiger charge is -2.16. The van der Waals surface area contributed by atoms with Crippen molar-refractivity contribution in [3.05, 3.63) is 53.0 Å². The van der Waals surface area contributed by atoms with E-state index in [0.29, 0.717) is 11.4 Å². The number of nitrogens with one attached hydrogen (secondary N) is 1. The number of rotatable bonds is 5. The second kappa shape index (κ2) is 7.25. The van der Waals surface area contributed by atoms with E-state index in [1.165, 1.54) is 26.2 Å². The highest BCUT2D eigenvalue weighted by Gasteiger charge is 2.19. The fourth-order valence-electron chi connectivity index (χ4n) is 2.19. The van der Waals surface area contributed by atoms with Crippen LogP contribution in [0.5, 0.6) is 0 Å². The molecule has 0 atom stereocenters.